The molecule has 2 unspecified atom stereocenters. The Balaban J connectivity index is 2.49. The van der Waals surface area contributed by atoms with Gasteiger partial charge >= 0.3 is 0 Å². The Kier molecular flexibility index (Phi) is 4.92. The molecule has 1 aliphatic carbocycles. The second kappa shape index (κ2) is 6.00. The molecular formula is C13H22O. The van der Waals surface area contributed by atoms with Crippen LogP contribution in [0.15, 0.2) is 11.6 Å². The predicted octanol–water partition coefficient (Wildman–Crippen LogP) is 3.74. The fraction of sp³-hybridized carbons (Fsp3) is 0.769. The number of unbranched alkanes of at least 4 members (excludes halogenated alkanes) is 1. The summed E-state index contributed by atoms with van der Waals surface area (Å²) in [4.78, 5) is 10.6. The summed E-state index contributed by atoms with van der Waals surface area (Å²) in [6.45, 7) is 4.22. The lowest BCUT2D eigenvalue weighted by molar-refractivity contribution is -0.109. The molecule has 1 fully saturated rings. The van der Waals surface area contributed by atoms with Crippen LogP contribution >= 0.6 is 0 Å². The van der Waals surface area contributed by atoms with Crippen molar-refractivity contribution in [3.05, 3.63) is 11.6 Å². The van der Waals surface area contributed by atoms with Gasteiger partial charge in [0, 0.05) is 5.92 Å². The van der Waals surface area contributed by atoms with Gasteiger partial charge in [0.25, 0.3) is 0 Å². The SMILES string of the molecule is CCCCC1CCCC1=CC(C)C=O. The molecule has 0 amide bonds. The standard InChI is InChI=1S/C13H22O/c1-3-4-6-12-7-5-8-13(12)9-11(2)10-14/h9-12H,3-8H2,1-2H3. The molecule has 0 spiro atoms. The molecule has 1 nitrogen and oxygen atoms in total. The van der Waals surface area contributed by atoms with Crippen LogP contribution in [0.3, 0.4) is 0 Å². The molecule has 14 heavy (non-hydrogen) atoms. The second-order valence-corrected chi connectivity index (χ2v) is 4.47. The average Bonchev–Trinajstić information content (AvgIpc) is 2.62. The Morgan fingerprint density at radius 1 is 1.57 bits per heavy atom. The maximum atomic E-state index is 10.6. The molecule has 0 radical (unpaired) electrons. The van der Waals surface area contributed by atoms with Crippen molar-refractivity contribution < 1.29 is 4.79 Å². The van der Waals surface area contributed by atoms with Crippen LogP contribution in [-0.4, -0.2) is 6.29 Å². The molecule has 0 saturated heterocycles. The van der Waals surface area contributed by atoms with E-state index < -0.39 is 0 Å². The van der Waals surface area contributed by atoms with Crippen LogP contribution in [0.5, 0.6) is 0 Å². The van der Waals surface area contributed by atoms with E-state index in [1.54, 1.807) is 5.57 Å². The predicted molar refractivity (Wildman–Crippen MR) is 60.2 cm³/mol. The van der Waals surface area contributed by atoms with E-state index in [1.807, 2.05) is 6.92 Å². The molecule has 80 valence electrons. The minimum absolute atomic E-state index is 0.118. The zero-order chi connectivity index (χ0) is 10.4. The molecule has 0 aliphatic heterocycles. The summed E-state index contributed by atoms with van der Waals surface area (Å²) in [7, 11) is 0. The lowest BCUT2D eigenvalue weighted by Gasteiger charge is -2.11. The molecule has 1 heteroatoms. The van der Waals surface area contributed by atoms with E-state index in [0.29, 0.717) is 0 Å². The average molecular weight is 194 g/mol. The van der Waals surface area contributed by atoms with E-state index in [9.17, 15) is 4.79 Å². The van der Waals surface area contributed by atoms with Gasteiger partial charge in [-0.05, 0) is 31.6 Å². The first-order chi connectivity index (χ1) is 6.77. The molecule has 0 heterocycles. The van der Waals surface area contributed by atoms with Gasteiger partial charge < -0.3 is 4.79 Å². The zero-order valence-electron chi connectivity index (χ0n) is 9.46. The molecule has 2 atom stereocenters. The maximum absolute atomic E-state index is 10.6. The highest BCUT2D eigenvalue weighted by Gasteiger charge is 2.20. The number of rotatable bonds is 5. The Morgan fingerprint density at radius 2 is 2.36 bits per heavy atom. The largest absolute Gasteiger partial charge is 0.303 e. The first-order valence-electron chi connectivity index (χ1n) is 5.93. The maximum Gasteiger partial charge on any atom is 0.126 e. The minimum atomic E-state index is 0.118. The number of aldehydes is 1. The van der Waals surface area contributed by atoms with Crippen molar-refractivity contribution in [1.29, 1.82) is 0 Å². The summed E-state index contributed by atoms with van der Waals surface area (Å²) in [6, 6.07) is 0. The number of hydrogen-bond acceptors (Lipinski definition) is 1. The van der Waals surface area contributed by atoms with E-state index in [0.717, 1.165) is 12.2 Å². The Bertz CT molecular complexity index is 205. The smallest absolute Gasteiger partial charge is 0.126 e. The van der Waals surface area contributed by atoms with Crippen LogP contribution < -0.4 is 0 Å². The number of hydrogen-bond donors (Lipinski definition) is 0. The second-order valence-electron chi connectivity index (χ2n) is 4.47. The summed E-state index contributed by atoms with van der Waals surface area (Å²) in [5.41, 5.74) is 1.55. The minimum Gasteiger partial charge on any atom is -0.303 e. The van der Waals surface area contributed by atoms with Gasteiger partial charge in [0.15, 0.2) is 0 Å². The summed E-state index contributed by atoms with van der Waals surface area (Å²) >= 11 is 0. The van der Waals surface area contributed by atoms with E-state index in [4.69, 9.17) is 0 Å². The molecule has 1 saturated carbocycles. The molecule has 0 aromatic heterocycles. The highest BCUT2D eigenvalue weighted by Crippen LogP contribution is 2.35. The summed E-state index contributed by atoms with van der Waals surface area (Å²) in [5, 5.41) is 0. The third kappa shape index (κ3) is 3.28. The molecule has 0 aromatic rings. The van der Waals surface area contributed by atoms with Gasteiger partial charge in [-0.25, -0.2) is 0 Å². The highest BCUT2D eigenvalue weighted by molar-refractivity contribution is 5.56. The van der Waals surface area contributed by atoms with Crippen LogP contribution in [0.25, 0.3) is 0 Å². The van der Waals surface area contributed by atoms with E-state index >= 15 is 0 Å². The Morgan fingerprint density at radius 3 is 3.00 bits per heavy atom. The van der Waals surface area contributed by atoms with Crippen molar-refractivity contribution >= 4 is 6.29 Å². The number of allylic oxidation sites excluding steroid dienone is 2. The van der Waals surface area contributed by atoms with Gasteiger partial charge in [0.2, 0.25) is 0 Å². The van der Waals surface area contributed by atoms with Crippen molar-refractivity contribution in [3.8, 4) is 0 Å². The van der Waals surface area contributed by atoms with Crippen LogP contribution in [0.4, 0.5) is 0 Å². The van der Waals surface area contributed by atoms with E-state index in [1.165, 1.54) is 38.5 Å². The topological polar surface area (TPSA) is 17.1 Å². The van der Waals surface area contributed by atoms with Gasteiger partial charge in [0.1, 0.15) is 6.29 Å². The lowest BCUT2D eigenvalue weighted by Crippen LogP contribution is -2.00. The van der Waals surface area contributed by atoms with Crippen LogP contribution in [0.1, 0.15) is 52.4 Å². The van der Waals surface area contributed by atoms with Gasteiger partial charge in [-0.2, -0.15) is 0 Å². The monoisotopic (exact) mass is 194 g/mol. The molecule has 1 rings (SSSR count). The number of carbonyl (C=O) groups excluding carboxylic acids is 1. The third-order valence-electron chi connectivity index (χ3n) is 3.14. The summed E-state index contributed by atoms with van der Waals surface area (Å²) in [5.74, 6) is 0.907. The van der Waals surface area contributed by atoms with Gasteiger partial charge in [-0.15, -0.1) is 0 Å². The van der Waals surface area contributed by atoms with E-state index in [2.05, 4.69) is 13.0 Å². The molecule has 1 aliphatic rings. The van der Waals surface area contributed by atoms with Gasteiger partial charge in [-0.1, -0.05) is 38.3 Å². The van der Waals surface area contributed by atoms with Gasteiger partial charge in [0.05, 0.1) is 0 Å². The van der Waals surface area contributed by atoms with E-state index in [-0.39, 0.29) is 5.92 Å². The van der Waals surface area contributed by atoms with Crippen molar-refractivity contribution in [2.75, 3.05) is 0 Å². The summed E-state index contributed by atoms with van der Waals surface area (Å²) < 4.78 is 0. The van der Waals surface area contributed by atoms with Crippen molar-refractivity contribution in [2.24, 2.45) is 11.8 Å². The quantitative estimate of drug-likeness (QED) is 0.481. The Labute approximate surface area is 87.6 Å². The number of carbonyl (C=O) groups is 1. The first-order valence-corrected chi connectivity index (χ1v) is 5.93. The van der Waals surface area contributed by atoms with Crippen molar-refractivity contribution in [1.82, 2.24) is 0 Å². The third-order valence-corrected chi connectivity index (χ3v) is 3.14. The van der Waals surface area contributed by atoms with Gasteiger partial charge in [-0.3, -0.25) is 0 Å². The molecule has 0 N–H and O–H groups in total. The highest BCUT2D eigenvalue weighted by atomic mass is 16.1. The molecule has 0 aromatic carbocycles. The summed E-state index contributed by atoms with van der Waals surface area (Å²) in [6.07, 6.45) is 11.1. The van der Waals surface area contributed by atoms with Crippen molar-refractivity contribution in [3.63, 3.8) is 0 Å². The molecular weight excluding hydrogens is 172 g/mol. The van der Waals surface area contributed by atoms with Crippen LogP contribution in [-0.2, 0) is 4.79 Å². The molecule has 0 bridgehead atoms. The fourth-order valence-corrected chi connectivity index (χ4v) is 2.32. The lowest BCUT2D eigenvalue weighted by atomic mass is 9.94. The van der Waals surface area contributed by atoms with Crippen LogP contribution in [0, 0.1) is 11.8 Å². The first kappa shape index (κ1) is 11.5. The van der Waals surface area contributed by atoms with Crippen LogP contribution in [0.2, 0.25) is 0 Å². The normalized spacial score (nSPS) is 26.7. The fourth-order valence-electron chi connectivity index (χ4n) is 2.32. The Hall–Kier alpha value is -0.590. The van der Waals surface area contributed by atoms with Crippen molar-refractivity contribution in [2.45, 2.75) is 52.4 Å². The zero-order valence-corrected chi connectivity index (χ0v) is 9.46.